The molecule has 1 aliphatic heterocycles. The number of phenolic OH excluding ortho intramolecular Hbond substituents is 1. The lowest BCUT2D eigenvalue weighted by Crippen LogP contribution is -2.47. The van der Waals surface area contributed by atoms with E-state index in [0.717, 1.165) is 49.3 Å². The maximum Gasteiger partial charge on any atom is 0.227 e. The largest absolute Gasteiger partial charge is 0.508 e. The van der Waals surface area contributed by atoms with Crippen molar-refractivity contribution in [3.8, 4) is 5.75 Å². The van der Waals surface area contributed by atoms with Gasteiger partial charge < -0.3 is 19.8 Å². The van der Waals surface area contributed by atoms with Gasteiger partial charge in [-0.15, -0.1) is 0 Å². The van der Waals surface area contributed by atoms with Crippen molar-refractivity contribution in [1.29, 1.82) is 0 Å². The molecule has 1 aromatic carbocycles. The van der Waals surface area contributed by atoms with E-state index in [2.05, 4.69) is 19.8 Å². The Bertz CT molecular complexity index is 663. The van der Waals surface area contributed by atoms with Gasteiger partial charge in [-0.25, -0.2) is 4.98 Å². The molecule has 0 bridgehead atoms. The van der Waals surface area contributed by atoms with E-state index in [4.69, 9.17) is 0 Å². The zero-order valence-corrected chi connectivity index (χ0v) is 13.9. The molecule has 0 radical (unpaired) electrons. The topological polar surface area (TPSA) is 55.7 Å². The molecule has 1 aliphatic rings. The molecule has 3 rings (SSSR count). The van der Waals surface area contributed by atoms with E-state index in [1.165, 1.54) is 0 Å². The van der Waals surface area contributed by atoms with Crippen molar-refractivity contribution in [2.75, 3.05) is 55.0 Å². The van der Waals surface area contributed by atoms with Crippen LogP contribution in [0.4, 0.5) is 17.5 Å². The van der Waals surface area contributed by atoms with Crippen LogP contribution in [0.3, 0.4) is 0 Å². The highest BCUT2D eigenvalue weighted by molar-refractivity contribution is 5.51. The van der Waals surface area contributed by atoms with Gasteiger partial charge in [0.2, 0.25) is 5.95 Å². The van der Waals surface area contributed by atoms with Crippen LogP contribution in [0.5, 0.6) is 5.75 Å². The zero-order chi connectivity index (χ0) is 16.4. The Balaban J connectivity index is 1.70. The van der Waals surface area contributed by atoms with E-state index in [1.54, 1.807) is 12.1 Å². The number of nitrogens with zero attached hydrogens (tertiary/aromatic N) is 5. The molecule has 0 spiro atoms. The highest BCUT2D eigenvalue weighted by atomic mass is 16.3. The summed E-state index contributed by atoms with van der Waals surface area (Å²) in [5, 5.41) is 9.40. The highest BCUT2D eigenvalue weighted by Gasteiger charge is 2.20. The number of aromatic hydroxyl groups is 1. The van der Waals surface area contributed by atoms with E-state index in [1.807, 2.05) is 44.1 Å². The van der Waals surface area contributed by atoms with Crippen LogP contribution < -0.4 is 14.7 Å². The van der Waals surface area contributed by atoms with E-state index in [-0.39, 0.29) is 0 Å². The van der Waals surface area contributed by atoms with Crippen LogP contribution in [0.2, 0.25) is 0 Å². The van der Waals surface area contributed by atoms with Crippen LogP contribution in [0.15, 0.2) is 30.3 Å². The second-order valence-corrected chi connectivity index (χ2v) is 6.05. The van der Waals surface area contributed by atoms with Gasteiger partial charge in [-0.1, -0.05) is 0 Å². The van der Waals surface area contributed by atoms with Gasteiger partial charge in [0, 0.05) is 57.7 Å². The molecule has 2 heterocycles. The molecule has 2 aromatic rings. The molecule has 6 nitrogen and oxygen atoms in total. The van der Waals surface area contributed by atoms with Crippen molar-refractivity contribution in [2.45, 2.75) is 6.92 Å². The monoisotopic (exact) mass is 313 g/mol. The van der Waals surface area contributed by atoms with Gasteiger partial charge in [0.25, 0.3) is 0 Å². The Labute approximate surface area is 137 Å². The minimum absolute atomic E-state index is 0.303. The second-order valence-electron chi connectivity index (χ2n) is 6.05. The molecule has 23 heavy (non-hydrogen) atoms. The molecule has 0 saturated carbocycles. The maximum atomic E-state index is 9.40. The van der Waals surface area contributed by atoms with Crippen molar-refractivity contribution in [3.05, 3.63) is 36.0 Å². The van der Waals surface area contributed by atoms with Gasteiger partial charge >= 0.3 is 0 Å². The normalized spacial score (nSPS) is 14.9. The van der Waals surface area contributed by atoms with Gasteiger partial charge in [0.1, 0.15) is 11.6 Å². The fourth-order valence-electron chi connectivity index (χ4n) is 2.74. The fraction of sp³-hybridized carbons (Fsp3) is 0.412. The number of anilines is 3. The molecular weight excluding hydrogens is 290 g/mol. The summed E-state index contributed by atoms with van der Waals surface area (Å²) < 4.78 is 0. The molecule has 1 aromatic heterocycles. The summed E-state index contributed by atoms with van der Waals surface area (Å²) in [6.45, 7) is 5.61. The van der Waals surface area contributed by atoms with Gasteiger partial charge in [-0.05, 0) is 31.2 Å². The van der Waals surface area contributed by atoms with Gasteiger partial charge in [-0.2, -0.15) is 4.98 Å². The first-order valence-electron chi connectivity index (χ1n) is 7.85. The van der Waals surface area contributed by atoms with E-state index in [9.17, 15) is 5.11 Å². The third-order valence-electron chi connectivity index (χ3n) is 4.06. The molecule has 122 valence electrons. The Hall–Kier alpha value is -2.50. The average molecular weight is 313 g/mol. The Morgan fingerprint density at radius 2 is 1.57 bits per heavy atom. The summed E-state index contributed by atoms with van der Waals surface area (Å²) in [7, 11) is 3.99. The van der Waals surface area contributed by atoms with Crippen molar-refractivity contribution in [1.82, 2.24) is 9.97 Å². The molecule has 0 amide bonds. The number of rotatable bonds is 3. The lowest BCUT2D eigenvalue weighted by molar-refractivity contribution is 0.475. The molecule has 0 atom stereocenters. The number of benzene rings is 1. The molecule has 1 N–H and O–H groups in total. The predicted molar refractivity (Wildman–Crippen MR) is 93.6 cm³/mol. The highest BCUT2D eigenvalue weighted by Crippen LogP contribution is 2.22. The van der Waals surface area contributed by atoms with Crippen molar-refractivity contribution in [3.63, 3.8) is 0 Å². The zero-order valence-electron chi connectivity index (χ0n) is 13.9. The lowest BCUT2D eigenvalue weighted by Gasteiger charge is -2.36. The minimum atomic E-state index is 0.303. The number of hydrogen-bond acceptors (Lipinski definition) is 6. The van der Waals surface area contributed by atoms with Gasteiger partial charge in [0.15, 0.2) is 0 Å². The maximum absolute atomic E-state index is 9.40. The fourth-order valence-corrected chi connectivity index (χ4v) is 2.74. The van der Waals surface area contributed by atoms with Gasteiger partial charge in [-0.3, -0.25) is 0 Å². The van der Waals surface area contributed by atoms with Gasteiger partial charge in [0.05, 0.1) is 0 Å². The second kappa shape index (κ2) is 6.32. The standard InChI is InChI=1S/C17H23N5O/c1-13-12-16(20(2)3)19-17(18-13)22-10-8-21(9-11-22)14-4-6-15(23)7-5-14/h4-7,12,23H,8-11H2,1-3H3. The number of hydrogen-bond donors (Lipinski definition) is 1. The Morgan fingerprint density at radius 3 is 2.17 bits per heavy atom. The van der Waals surface area contributed by atoms with Crippen LogP contribution in [-0.4, -0.2) is 55.3 Å². The number of phenols is 1. The van der Waals surface area contributed by atoms with E-state index >= 15 is 0 Å². The Morgan fingerprint density at radius 1 is 0.957 bits per heavy atom. The van der Waals surface area contributed by atoms with Crippen LogP contribution in [0, 0.1) is 6.92 Å². The summed E-state index contributed by atoms with van der Waals surface area (Å²) >= 11 is 0. The van der Waals surface area contributed by atoms with Crippen LogP contribution in [0.1, 0.15) is 5.69 Å². The molecule has 0 unspecified atom stereocenters. The first kappa shape index (κ1) is 15.4. The van der Waals surface area contributed by atoms with Crippen LogP contribution >= 0.6 is 0 Å². The summed E-state index contributed by atoms with van der Waals surface area (Å²) in [5.74, 6) is 2.05. The minimum Gasteiger partial charge on any atom is -0.508 e. The SMILES string of the molecule is Cc1cc(N(C)C)nc(N2CCN(c3ccc(O)cc3)CC2)n1. The van der Waals surface area contributed by atoms with Crippen molar-refractivity contribution < 1.29 is 5.11 Å². The van der Waals surface area contributed by atoms with E-state index < -0.39 is 0 Å². The van der Waals surface area contributed by atoms with E-state index in [0.29, 0.717) is 5.75 Å². The lowest BCUT2D eigenvalue weighted by atomic mass is 10.2. The molecule has 6 heteroatoms. The predicted octanol–water partition coefficient (Wildman–Crippen LogP) is 1.88. The molecule has 1 fully saturated rings. The van der Waals surface area contributed by atoms with Crippen LogP contribution in [0.25, 0.3) is 0 Å². The number of piperazine rings is 1. The Kier molecular flexibility index (Phi) is 4.23. The summed E-state index contributed by atoms with van der Waals surface area (Å²) in [4.78, 5) is 15.8. The third-order valence-corrected chi connectivity index (χ3v) is 4.06. The first-order valence-corrected chi connectivity index (χ1v) is 7.85. The number of aryl methyl sites for hydroxylation is 1. The quantitative estimate of drug-likeness (QED) is 0.934. The van der Waals surface area contributed by atoms with Crippen molar-refractivity contribution >= 4 is 17.5 Å². The average Bonchev–Trinajstić information content (AvgIpc) is 2.55. The van der Waals surface area contributed by atoms with Crippen molar-refractivity contribution in [2.24, 2.45) is 0 Å². The van der Waals surface area contributed by atoms with Crippen LogP contribution in [-0.2, 0) is 0 Å². The molecular formula is C17H23N5O. The summed E-state index contributed by atoms with van der Waals surface area (Å²) in [5.41, 5.74) is 2.13. The third kappa shape index (κ3) is 3.47. The summed E-state index contributed by atoms with van der Waals surface area (Å²) in [6, 6.07) is 9.37. The summed E-state index contributed by atoms with van der Waals surface area (Å²) in [6.07, 6.45) is 0. The molecule has 1 saturated heterocycles. The first-order chi connectivity index (χ1) is 11.0. The smallest absolute Gasteiger partial charge is 0.227 e. The number of aromatic nitrogens is 2. The molecule has 0 aliphatic carbocycles.